The maximum atomic E-state index is 5.70. The van der Waals surface area contributed by atoms with Crippen LogP contribution in [0.5, 0.6) is 5.88 Å². The number of hydrogen-bond donors (Lipinski definition) is 1. The lowest BCUT2D eigenvalue weighted by Crippen LogP contribution is -2.52. The van der Waals surface area contributed by atoms with E-state index in [1.165, 1.54) is 12.8 Å². The second kappa shape index (κ2) is 8.91. The molecule has 7 nitrogen and oxygen atoms in total. The molecule has 0 atom stereocenters. The molecule has 1 saturated carbocycles. The molecule has 28 heavy (non-hydrogen) atoms. The number of nitrogens with zero attached hydrogens (tertiary/aromatic N) is 5. The molecule has 0 spiro atoms. The molecule has 2 aromatic rings. The fourth-order valence-corrected chi connectivity index (χ4v) is 3.29. The van der Waals surface area contributed by atoms with E-state index in [1.807, 2.05) is 37.6 Å². The highest BCUT2D eigenvalue weighted by Gasteiger charge is 2.22. The van der Waals surface area contributed by atoms with Gasteiger partial charge in [-0.1, -0.05) is 12.1 Å². The van der Waals surface area contributed by atoms with E-state index in [0.29, 0.717) is 12.4 Å². The Labute approximate surface area is 166 Å². The highest BCUT2D eigenvalue weighted by Crippen LogP contribution is 2.29. The predicted octanol–water partition coefficient (Wildman–Crippen LogP) is 2.16. The zero-order chi connectivity index (χ0) is 19.2. The number of aliphatic imine (C=N–C) groups is 1. The van der Waals surface area contributed by atoms with Crippen LogP contribution in [0.25, 0.3) is 0 Å². The molecular formula is C21H28N6O. The number of hydrogen-bond acceptors (Lipinski definition) is 5. The summed E-state index contributed by atoms with van der Waals surface area (Å²) in [5.41, 5.74) is 1.12. The topological polar surface area (TPSA) is 65.9 Å². The SMILES string of the molecule is CN=C(NCc1ccc(OCC2CC2)nc1)N1CCN(c2ccccn2)CC1. The van der Waals surface area contributed by atoms with Crippen LogP contribution in [0.2, 0.25) is 0 Å². The van der Waals surface area contributed by atoms with Gasteiger partial charge in [-0.3, -0.25) is 4.99 Å². The Morgan fingerprint density at radius 1 is 1.14 bits per heavy atom. The first kappa shape index (κ1) is 18.5. The minimum atomic E-state index is 0.697. The molecule has 2 fully saturated rings. The molecule has 1 aliphatic heterocycles. The van der Waals surface area contributed by atoms with Crippen molar-refractivity contribution in [1.29, 1.82) is 0 Å². The zero-order valence-corrected chi connectivity index (χ0v) is 16.4. The van der Waals surface area contributed by atoms with Crippen LogP contribution < -0.4 is 15.0 Å². The highest BCUT2D eigenvalue weighted by atomic mass is 16.5. The van der Waals surface area contributed by atoms with Crippen molar-refractivity contribution in [1.82, 2.24) is 20.2 Å². The van der Waals surface area contributed by atoms with Crippen LogP contribution in [-0.2, 0) is 6.54 Å². The Hall–Kier alpha value is -2.83. The third-order valence-electron chi connectivity index (χ3n) is 5.18. The molecular weight excluding hydrogens is 352 g/mol. The molecule has 2 aliphatic rings. The summed E-state index contributed by atoms with van der Waals surface area (Å²) in [7, 11) is 1.83. The number of ether oxygens (including phenoxy) is 1. The maximum Gasteiger partial charge on any atom is 0.213 e. The number of guanidine groups is 1. The van der Waals surface area contributed by atoms with Gasteiger partial charge in [-0.2, -0.15) is 0 Å². The number of aromatic nitrogens is 2. The highest BCUT2D eigenvalue weighted by molar-refractivity contribution is 5.80. The van der Waals surface area contributed by atoms with Crippen molar-refractivity contribution in [3.8, 4) is 5.88 Å². The zero-order valence-electron chi connectivity index (χ0n) is 16.4. The quantitative estimate of drug-likeness (QED) is 0.612. The molecule has 0 unspecified atom stereocenters. The van der Waals surface area contributed by atoms with Gasteiger partial charge in [0.25, 0.3) is 0 Å². The van der Waals surface area contributed by atoms with Crippen LogP contribution in [0, 0.1) is 5.92 Å². The van der Waals surface area contributed by atoms with E-state index >= 15 is 0 Å². The first-order valence-electron chi connectivity index (χ1n) is 10.0. The summed E-state index contributed by atoms with van der Waals surface area (Å²) < 4.78 is 5.70. The second-order valence-electron chi connectivity index (χ2n) is 7.32. The first-order chi connectivity index (χ1) is 13.8. The van der Waals surface area contributed by atoms with Gasteiger partial charge in [0, 0.05) is 58.2 Å². The number of nitrogens with one attached hydrogen (secondary N) is 1. The molecule has 0 aromatic carbocycles. The Balaban J connectivity index is 1.24. The predicted molar refractivity (Wildman–Crippen MR) is 111 cm³/mol. The summed E-state index contributed by atoms with van der Waals surface area (Å²) >= 11 is 0. The average molecular weight is 380 g/mol. The van der Waals surface area contributed by atoms with E-state index in [9.17, 15) is 0 Å². The Kier molecular flexibility index (Phi) is 5.89. The van der Waals surface area contributed by atoms with Gasteiger partial charge in [0.1, 0.15) is 5.82 Å². The van der Waals surface area contributed by atoms with E-state index in [-0.39, 0.29) is 0 Å². The van der Waals surface area contributed by atoms with E-state index in [2.05, 4.69) is 42.2 Å². The van der Waals surface area contributed by atoms with E-state index in [1.54, 1.807) is 0 Å². The summed E-state index contributed by atoms with van der Waals surface area (Å²) in [4.78, 5) is 17.9. The van der Waals surface area contributed by atoms with Crippen LogP contribution in [0.3, 0.4) is 0 Å². The van der Waals surface area contributed by atoms with E-state index in [0.717, 1.165) is 56.0 Å². The van der Waals surface area contributed by atoms with Crippen molar-refractivity contribution >= 4 is 11.8 Å². The largest absolute Gasteiger partial charge is 0.477 e. The molecule has 4 rings (SSSR count). The summed E-state index contributed by atoms with van der Waals surface area (Å²) in [5, 5.41) is 3.45. The monoisotopic (exact) mass is 380 g/mol. The molecule has 1 aliphatic carbocycles. The van der Waals surface area contributed by atoms with Crippen molar-refractivity contribution in [3.63, 3.8) is 0 Å². The van der Waals surface area contributed by atoms with Crippen LogP contribution in [0.1, 0.15) is 18.4 Å². The molecule has 1 saturated heterocycles. The maximum absolute atomic E-state index is 5.70. The van der Waals surface area contributed by atoms with Crippen molar-refractivity contribution in [2.24, 2.45) is 10.9 Å². The van der Waals surface area contributed by atoms with Crippen molar-refractivity contribution in [2.75, 3.05) is 44.7 Å². The third-order valence-corrected chi connectivity index (χ3v) is 5.18. The van der Waals surface area contributed by atoms with Crippen molar-refractivity contribution in [2.45, 2.75) is 19.4 Å². The molecule has 3 heterocycles. The number of rotatable bonds is 6. The van der Waals surface area contributed by atoms with E-state index < -0.39 is 0 Å². The van der Waals surface area contributed by atoms with Crippen LogP contribution in [0.4, 0.5) is 5.82 Å². The molecule has 148 valence electrons. The van der Waals surface area contributed by atoms with Gasteiger partial charge >= 0.3 is 0 Å². The minimum Gasteiger partial charge on any atom is -0.477 e. The van der Waals surface area contributed by atoms with Gasteiger partial charge in [-0.15, -0.1) is 0 Å². The lowest BCUT2D eigenvalue weighted by Gasteiger charge is -2.37. The summed E-state index contributed by atoms with van der Waals surface area (Å²) in [6.07, 6.45) is 6.30. The third kappa shape index (κ3) is 4.91. The standard InChI is InChI=1S/C21H28N6O/c1-22-21(27-12-10-26(11-13-27)19-4-2-3-9-23-19)25-15-18-7-8-20(24-14-18)28-16-17-5-6-17/h2-4,7-9,14,17H,5-6,10-13,15-16H2,1H3,(H,22,25). The summed E-state index contributed by atoms with van der Waals surface area (Å²) in [6, 6.07) is 10.1. The molecule has 7 heteroatoms. The molecule has 0 bridgehead atoms. The first-order valence-corrected chi connectivity index (χ1v) is 10.0. The Morgan fingerprint density at radius 3 is 2.64 bits per heavy atom. The molecule has 0 amide bonds. The smallest absolute Gasteiger partial charge is 0.213 e. The van der Waals surface area contributed by atoms with Gasteiger partial charge in [-0.05, 0) is 36.5 Å². The summed E-state index contributed by atoms with van der Waals surface area (Å²) in [5.74, 6) is 3.42. The van der Waals surface area contributed by atoms with Gasteiger partial charge in [-0.25, -0.2) is 9.97 Å². The minimum absolute atomic E-state index is 0.697. The van der Waals surface area contributed by atoms with Crippen LogP contribution in [-0.4, -0.2) is 60.7 Å². The number of piperazine rings is 1. The number of anilines is 1. The van der Waals surface area contributed by atoms with E-state index in [4.69, 9.17) is 4.74 Å². The van der Waals surface area contributed by atoms with Crippen LogP contribution >= 0.6 is 0 Å². The lowest BCUT2D eigenvalue weighted by molar-refractivity contribution is 0.288. The normalized spacial score (nSPS) is 17.5. The Bertz CT molecular complexity index is 767. The molecule has 1 N–H and O–H groups in total. The van der Waals surface area contributed by atoms with Gasteiger partial charge in [0.05, 0.1) is 6.61 Å². The fourth-order valence-electron chi connectivity index (χ4n) is 3.29. The van der Waals surface area contributed by atoms with Gasteiger partial charge in [0.15, 0.2) is 5.96 Å². The average Bonchev–Trinajstić information content (AvgIpc) is 3.59. The molecule has 0 radical (unpaired) electrons. The van der Waals surface area contributed by atoms with Crippen molar-refractivity contribution in [3.05, 3.63) is 48.3 Å². The van der Waals surface area contributed by atoms with Crippen molar-refractivity contribution < 1.29 is 4.74 Å². The summed E-state index contributed by atoms with van der Waals surface area (Å²) in [6.45, 7) is 5.20. The van der Waals surface area contributed by atoms with Gasteiger partial charge < -0.3 is 19.9 Å². The fraction of sp³-hybridized carbons (Fsp3) is 0.476. The van der Waals surface area contributed by atoms with Crippen LogP contribution in [0.15, 0.2) is 47.7 Å². The Morgan fingerprint density at radius 2 is 2.00 bits per heavy atom. The molecule has 2 aromatic heterocycles. The number of pyridine rings is 2. The lowest BCUT2D eigenvalue weighted by atomic mass is 10.3. The van der Waals surface area contributed by atoms with Gasteiger partial charge in [0.2, 0.25) is 5.88 Å². The second-order valence-corrected chi connectivity index (χ2v) is 7.32.